The summed E-state index contributed by atoms with van der Waals surface area (Å²) in [6.45, 7) is 6.32. The topological polar surface area (TPSA) is 0 Å². The van der Waals surface area contributed by atoms with Gasteiger partial charge >= 0.3 is 0 Å². The van der Waals surface area contributed by atoms with E-state index in [4.69, 9.17) is 0 Å². The average Bonchev–Trinajstić information content (AvgIpc) is 2.53. The maximum absolute atomic E-state index is 3.58. The van der Waals surface area contributed by atoms with E-state index in [2.05, 4.69) is 45.8 Å². The van der Waals surface area contributed by atoms with Crippen LogP contribution in [0.1, 0.15) is 84.0 Å². The Balaban J connectivity index is 3.58. The fourth-order valence-electron chi connectivity index (χ4n) is 3.20. The van der Waals surface area contributed by atoms with E-state index in [1.165, 1.54) is 101 Å². The molecular formula is C19H40Br2N+. The number of rotatable bonds is 17. The van der Waals surface area contributed by atoms with Gasteiger partial charge in [0.05, 0.1) is 26.7 Å². The van der Waals surface area contributed by atoms with Crippen molar-refractivity contribution in [3.63, 3.8) is 0 Å². The van der Waals surface area contributed by atoms with Gasteiger partial charge in [-0.25, -0.2) is 0 Å². The molecule has 134 valence electrons. The summed E-state index contributed by atoms with van der Waals surface area (Å²) in [6, 6.07) is 0. The lowest BCUT2D eigenvalue weighted by molar-refractivity contribution is -0.909. The highest BCUT2D eigenvalue weighted by Gasteiger charge is 2.19. The Bertz CT molecular complexity index is 213. The van der Waals surface area contributed by atoms with Gasteiger partial charge in [-0.2, -0.15) is 0 Å². The zero-order valence-electron chi connectivity index (χ0n) is 15.2. The molecular weight excluding hydrogens is 402 g/mol. The Labute approximate surface area is 157 Å². The molecule has 0 aliphatic carbocycles. The van der Waals surface area contributed by atoms with Crippen molar-refractivity contribution in [2.75, 3.05) is 37.3 Å². The first-order valence-electron chi connectivity index (χ1n) is 9.64. The minimum absolute atomic E-state index is 1.15. The molecule has 0 aromatic carbocycles. The molecule has 0 rings (SSSR count). The van der Waals surface area contributed by atoms with Crippen LogP contribution in [0.4, 0.5) is 0 Å². The van der Waals surface area contributed by atoms with Gasteiger partial charge in [-0.15, -0.1) is 0 Å². The summed E-state index contributed by atoms with van der Waals surface area (Å²) >= 11 is 7.17. The standard InChI is InChI=1S/C19H40Br2N/c1-3-4-5-6-7-8-9-10-11-12-17-22(2,18-13-15-20)19-14-16-21/h3-19H2,1-2H3/q+1. The van der Waals surface area contributed by atoms with Gasteiger partial charge in [0, 0.05) is 23.5 Å². The molecule has 0 spiro atoms. The number of quaternary nitrogens is 1. The monoisotopic (exact) mass is 440 g/mol. The van der Waals surface area contributed by atoms with Crippen molar-refractivity contribution in [2.45, 2.75) is 84.0 Å². The normalized spacial score (nSPS) is 12.0. The Morgan fingerprint density at radius 2 is 0.909 bits per heavy atom. The van der Waals surface area contributed by atoms with Gasteiger partial charge in [0.2, 0.25) is 0 Å². The van der Waals surface area contributed by atoms with Crippen molar-refractivity contribution in [1.82, 2.24) is 0 Å². The van der Waals surface area contributed by atoms with E-state index < -0.39 is 0 Å². The number of hydrogen-bond donors (Lipinski definition) is 0. The molecule has 3 heteroatoms. The molecule has 0 unspecified atom stereocenters. The van der Waals surface area contributed by atoms with Crippen LogP contribution in [-0.4, -0.2) is 41.8 Å². The molecule has 0 aromatic rings. The van der Waals surface area contributed by atoms with Gasteiger partial charge in [0.15, 0.2) is 0 Å². The molecule has 0 saturated heterocycles. The number of hydrogen-bond acceptors (Lipinski definition) is 0. The summed E-state index contributed by atoms with van der Waals surface area (Å²) in [6.07, 6.45) is 17.0. The molecule has 0 N–H and O–H groups in total. The van der Waals surface area contributed by atoms with E-state index in [9.17, 15) is 0 Å². The molecule has 0 heterocycles. The van der Waals surface area contributed by atoms with Crippen LogP contribution < -0.4 is 0 Å². The van der Waals surface area contributed by atoms with Crippen molar-refractivity contribution in [1.29, 1.82) is 0 Å². The Hall–Kier alpha value is 0.920. The van der Waals surface area contributed by atoms with E-state index in [1.54, 1.807) is 0 Å². The first kappa shape index (κ1) is 22.9. The smallest absolute Gasteiger partial charge is 0.0792 e. The molecule has 0 amide bonds. The Morgan fingerprint density at radius 1 is 0.545 bits per heavy atom. The maximum atomic E-state index is 3.58. The van der Waals surface area contributed by atoms with E-state index >= 15 is 0 Å². The second-order valence-corrected chi connectivity index (χ2v) is 8.64. The zero-order chi connectivity index (χ0) is 16.5. The highest BCUT2D eigenvalue weighted by atomic mass is 79.9. The molecule has 22 heavy (non-hydrogen) atoms. The minimum atomic E-state index is 1.15. The first-order chi connectivity index (χ1) is 10.7. The fourth-order valence-corrected chi connectivity index (χ4v) is 3.70. The number of alkyl halides is 2. The molecule has 0 fully saturated rings. The van der Waals surface area contributed by atoms with E-state index in [0.717, 1.165) is 10.7 Å². The second-order valence-electron chi connectivity index (χ2n) is 7.06. The van der Waals surface area contributed by atoms with Crippen LogP contribution in [0.3, 0.4) is 0 Å². The van der Waals surface area contributed by atoms with Crippen molar-refractivity contribution < 1.29 is 4.48 Å². The van der Waals surface area contributed by atoms with Crippen molar-refractivity contribution in [3.05, 3.63) is 0 Å². The highest BCUT2D eigenvalue weighted by molar-refractivity contribution is 9.09. The zero-order valence-corrected chi connectivity index (χ0v) is 18.4. The molecule has 0 saturated carbocycles. The average molecular weight is 442 g/mol. The largest absolute Gasteiger partial charge is 0.326 e. The molecule has 1 nitrogen and oxygen atoms in total. The predicted octanol–water partition coefficient (Wildman–Crippen LogP) is 6.92. The lowest BCUT2D eigenvalue weighted by Crippen LogP contribution is -2.46. The van der Waals surface area contributed by atoms with Gasteiger partial charge in [0.1, 0.15) is 0 Å². The molecule has 0 aromatic heterocycles. The summed E-state index contributed by atoms with van der Waals surface area (Å²) in [5.74, 6) is 0. The van der Waals surface area contributed by atoms with Crippen LogP contribution in [0.5, 0.6) is 0 Å². The van der Waals surface area contributed by atoms with Gasteiger partial charge in [-0.05, 0) is 12.8 Å². The first-order valence-corrected chi connectivity index (χ1v) is 11.9. The molecule has 0 aliphatic rings. The summed E-state index contributed by atoms with van der Waals surface area (Å²) in [7, 11) is 2.46. The van der Waals surface area contributed by atoms with Crippen LogP contribution in [0.15, 0.2) is 0 Å². The van der Waals surface area contributed by atoms with E-state index in [1.807, 2.05) is 0 Å². The van der Waals surface area contributed by atoms with E-state index in [0.29, 0.717) is 0 Å². The quantitative estimate of drug-likeness (QED) is 0.130. The molecule has 0 aliphatic heterocycles. The molecule has 0 atom stereocenters. The Kier molecular flexibility index (Phi) is 17.5. The third-order valence-electron chi connectivity index (χ3n) is 4.71. The highest BCUT2D eigenvalue weighted by Crippen LogP contribution is 2.14. The molecule has 0 bridgehead atoms. The second kappa shape index (κ2) is 16.8. The SMILES string of the molecule is CCCCCCCCCCCC[N+](C)(CCCBr)CCCBr. The maximum Gasteiger partial charge on any atom is 0.0792 e. The van der Waals surface area contributed by atoms with Crippen LogP contribution in [-0.2, 0) is 0 Å². The lowest BCUT2D eigenvalue weighted by Gasteiger charge is -2.34. The van der Waals surface area contributed by atoms with Gasteiger partial charge in [-0.1, -0.05) is 90.2 Å². The lowest BCUT2D eigenvalue weighted by atomic mass is 10.1. The third kappa shape index (κ3) is 14.5. The van der Waals surface area contributed by atoms with Crippen molar-refractivity contribution in [2.24, 2.45) is 0 Å². The van der Waals surface area contributed by atoms with Gasteiger partial charge < -0.3 is 4.48 Å². The fraction of sp³-hybridized carbons (Fsp3) is 1.00. The van der Waals surface area contributed by atoms with E-state index in [-0.39, 0.29) is 0 Å². The summed E-state index contributed by atoms with van der Waals surface area (Å²) in [5.41, 5.74) is 0. The predicted molar refractivity (Wildman–Crippen MR) is 109 cm³/mol. The van der Waals surface area contributed by atoms with Crippen LogP contribution in [0, 0.1) is 0 Å². The summed E-state index contributed by atoms with van der Waals surface area (Å²) < 4.78 is 1.27. The van der Waals surface area contributed by atoms with Crippen molar-refractivity contribution in [3.8, 4) is 0 Å². The number of halogens is 2. The number of nitrogens with zero attached hydrogens (tertiary/aromatic N) is 1. The summed E-state index contributed by atoms with van der Waals surface area (Å²) in [4.78, 5) is 0. The van der Waals surface area contributed by atoms with Crippen LogP contribution in [0.25, 0.3) is 0 Å². The van der Waals surface area contributed by atoms with Crippen LogP contribution >= 0.6 is 31.9 Å². The number of unbranched alkanes of at least 4 members (excludes halogenated alkanes) is 9. The van der Waals surface area contributed by atoms with Gasteiger partial charge in [0.25, 0.3) is 0 Å². The van der Waals surface area contributed by atoms with Gasteiger partial charge in [-0.3, -0.25) is 0 Å². The van der Waals surface area contributed by atoms with Crippen molar-refractivity contribution >= 4 is 31.9 Å². The third-order valence-corrected chi connectivity index (χ3v) is 5.84. The van der Waals surface area contributed by atoms with Crippen LogP contribution in [0.2, 0.25) is 0 Å². The minimum Gasteiger partial charge on any atom is -0.326 e. The molecule has 0 radical (unpaired) electrons. The summed E-state index contributed by atoms with van der Waals surface area (Å²) in [5, 5.41) is 2.29. The Morgan fingerprint density at radius 3 is 1.32 bits per heavy atom.